The third-order valence-corrected chi connectivity index (χ3v) is 6.00. The van der Waals surface area contributed by atoms with Crippen LogP contribution in [0.25, 0.3) is 0 Å². The van der Waals surface area contributed by atoms with Gasteiger partial charge in [-0.2, -0.15) is 0 Å². The number of carboxylic acid groups (broad SMARTS) is 1. The molecule has 34 heavy (non-hydrogen) atoms. The van der Waals surface area contributed by atoms with E-state index in [0.29, 0.717) is 17.5 Å². The normalized spacial score (nSPS) is 18.3. The van der Waals surface area contributed by atoms with Crippen molar-refractivity contribution in [3.63, 3.8) is 0 Å². The standard InChI is InChI=1S/C28H28O6/c1-32-26(28(30)31)17-19-7-11-22(12-8-19)33-24-15-16-25(18-24)34-23-13-9-21(10-14-23)27(29)20-5-3-2-4-6-20/h2-14,24-26H,15-18H2,1H3,(H,30,31). The van der Waals surface area contributed by atoms with Crippen molar-refractivity contribution < 1.29 is 28.9 Å². The zero-order valence-electron chi connectivity index (χ0n) is 19.1. The quantitative estimate of drug-likeness (QED) is 0.432. The highest BCUT2D eigenvalue weighted by Gasteiger charge is 2.28. The van der Waals surface area contributed by atoms with Crippen molar-refractivity contribution in [3.8, 4) is 11.5 Å². The van der Waals surface area contributed by atoms with Gasteiger partial charge in [0.2, 0.25) is 0 Å². The molecule has 1 aliphatic rings. The molecule has 0 amide bonds. The molecule has 3 aromatic carbocycles. The molecule has 0 aromatic heterocycles. The maximum absolute atomic E-state index is 12.5. The highest BCUT2D eigenvalue weighted by atomic mass is 16.5. The molecule has 0 saturated heterocycles. The fourth-order valence-electron chi connectivity index (χ4n) is 4.13. The number of carbonyl (C=O) groups excluding carboxylic acids is 1. The van der Waals surface area contributed by atoms with Crippen molar-refractivity contribution in [2.75, 3.05) is 7.11 Å². The Hall–Kier alpha value is -3.64. The predicted molar refractivity (Wildman–Crippen MR) is 128 cm³/mol. The molecule has 0 spiro atoms. The first kappa shape index (κ1) is 23.5. The molecule has 3 unspecified atom stereocenters. The molecule has 4 rings (SSSR count). The van der Waals surface area contributed by atoms with Gasteiger partial charge in [0, 0.05) is 31.1 Å². The molecular formula is C28H28O6. The number of hydrogen-bond donors (Lipinski definition) is 1. The Bertz CT molecular complexity index is 1090. The summed E-state index contributed by atoms with van der Waals surface area (Å²) in [6, 6.07) is 24.0. The minimum atomic E-state index is -0.975. The van der Waals surface area contributed by atoms with Crippen LogP contribution >= 0.6 is 0 Å². The second-order valence-corrected chi connectivity index (χ2v) is 8.42. The Morgan fingerprint density at radius 2 is 1.35 bits per heavy atom. The molecule has 1 N–H and O–H groups in total. The van der Waals surface area contributed by atoms with Crippen LogP contribution in [0.3, 0.4) is 0 Å². The van der Waals surface area contributed by atoms with Crippen molar-refractivity contribution in [2.24, 2.45) is 0 Å². The summed E-state index contributed by atoms with van der Waals surface area (Å²) in [5, 5.41) is 9.12. The average Bonchev–Trinajstić information content (AvgIpc) is 3.30. The van der Waals surface area contributed by atoms with E-state index in [1.165, 1.54) is 7.11 Å². The lowest BCUT2D eigenvalue weighted by atomic mass is 10.0. The van der Waals surface area contributed by atoms with E-state index in [0.717, 1.165) is 36.3 Å². The summed E-state index contributed by atoms with van der Waals surface area (Å²) in [4.78, 5) is 23.7. The van der Waals surface area contributed by atoms with Crippen LogP contribution in [-0.4, -0.2) is 42.3 Å². The topological polar surface area (TPSA) is 82.1 Å². The lowest BCUT2D eigenvalue weighted by molar-refractivity contribution is -0.148. The molecule has 0 radical (unpaired) electrons. The number of hydrogen-bond acceptors (Lipinski definition) is 5. The second kappa shape index (κ2) is 11.0. The van der Waals surface area contributed by atoms with Gasteiger partial charge in [0.15, 0.2) is 11.9 Å². The second-order valence-electron chi connectivity index (χ2n) is 8.42. The smallest absolute Gasteiger partial charge is 0.333 e. The summed E-state index contributed by atoms with van der Waals surface area (Å²) in [6.45, 7) is 0. The maximum Gasteiger partial charge on any atom is 0.333 e. The van der Waals surface area contributed by atoms with Crippen LogP contribution in [0.2, 0.25) is 0 Å². The van der Waals surface area contributed by atoms with E-state index in [-0.39, 0.29) is 18.0 Å². The zero-order chi connectivity index (χ0) is 23.9. The van der Waals surface area contributed by atoms with Gasteiger partial charge in [-0.25, -0.2) is 4.79 Å². The van der Waals surface area contributed by atoms with Crippen molar-refractivity contribution in [1.29, 1.82) is 0 Å². The van der Waals surface area contributed by atoms with Crippen LogP contribution in [-0.2, 0) is 16.0 Å². The molecule has 176 valence electrons. The molecule has 0 bridgehead atoms. The van der Waals surface area contributed by atoms with E-state index >= 15 is 0 Å². The van der Waals surface area contributed by atoms with Crippen LogP contribution in [0.5, 0.6) is 11.5 Å². The molecular weight excluding hydrogens is 432 g/mol. The summed E-state index contributed by atoms with van der Waals surface area (Å²) in [5.41, 5.74) is 2.18. The van der Waals surface area contributed by atoms with E-state index in [2.05, 4.69) is 0 Å². The lowest BCUT2D eigenvalue weighted by Crippen LogP contribution is -2.24. The number of methoxy groups -OCH3 is 1. The molecule has 1 aliphatic carbocycles. The van der Waals surface area contributed by atoms with Gasteiger partial charge in [0.05, 0.1) is 0 Å². The van der Waals surface area contributed by atoms with Crippen molar-refractivity contribution in [1.82, 2.24) is 0 Å². The Labute approximate surface area is 199 Å². The van der Waals surface area contributed by atoms with E-state index in [1.807, 2.05) is 66.7 Å². The molecule has 0 aliphatic heterocycles. The van der Waals surface area contributed by atoms with Crippen LogP contribution in [0.1, 0.15) is 40.7 Å². The predicted octanol–water partition coefficient (Wildman–Crippen LogP) is 4.94. The van der Waals surface area contributed by atoms with Gasteiger partial charge < -0.3 is 19.3 Å². The van der Waals surface area contributed by atoms with Gasteiger partial charge in [-0.3, -0.25) is 4.79 Å². The molecule has 3 atom stereocenters. The first-order valence-corrected chi connectivity index (χ1v) is 11.4. The van der Waals surface area contributed by atoms with E-state index in [9.17, 15) is 9.59 Å². The number of aliphatic carboxylic acids is 1. The molecule has 6 heteroatoms. The van der Waals surface area contributed by atoms with Gasteiger partial charge >= 0.3 is 5.97 Å². The van der Waals surface area contributed by atoms with Crippen LogP contribution in [0.15, 0.2) is 78.9 Å². The SMILES string of the molecule is COC(Cc1ccc(OC2CCC(Oc3ccc(C(=O)c4ccccc4)cc3)C2)cc1)C(=O)O. The largest absolute Gasteiger partial charge is 0.490 e. The lowest BCUT2D eigenvalue weighted by Gasteiger charge is -2.16. The number of carboxylic acids is 1. The maximum atomic E-state index is 12.5. The summed E-state index contributed by atoms with van der Waals surface area (Å²) in [6.07, 6.45) is 2.12. The van der Waals surface area contributed by atoms with Gasteiger partial charge in [-0.15, -0.1) is 0 Å². The summed E-state index contributed by atoms with van der Waals surface area (Å²) in [5.74, 6) is 0.513. The van der Waals surface area contributed by atoms with Gasteiger partial charge in [-0.1, -0.05) is 42.5 Å². The van der Waals surface area contributed by atoms with Crippen LogP contribution in [0.4, 0.5) is 0 Å². The fourth-order valence-corrected chi connectivity index (χ4v) is 4.13. The van der Waals surface area contributed by atoms with E-state index in [4.69, 9.17) is 19.3 Å². The minimum absolute atomic E-state index is 0.00630. The Morgan fingerprint density at radius 1 is 0.824 bits per heavy atom. The van der Waals surface area contributed by atoms with Gasteiger partial charge in [0.1, 0.15) is 23.7 Å². The molecule has 3 aromatic rings. The number of ether oxygens (including phenoxy) is 3. The van der Waals surface area contributed by atoms with E-state index in [1.54, 1.807) is 12.1 Å². The number of benzene rings is 3. The van der Waals surface area contributed by atoms with E-state index < -0.39 is 12.1 Å². The molecule has 0 heterocycles. The van der Waals surface area contributed by atoms with Gasteiger partial charge in [0.25, 0.3) is 0 Å². The average molecular weight is 461 g/mol. The Morgan fingerprint density at radius 3 is 1.88 bits per heavy atom. The van der Waals surface area contributed by atoms with Crippen molar-refractivity contribution in [2.45, 2.75) is 44.0 Å². The first-order valence-electron chi connectivity index (χ1n) is 11.4. The third-order valence-electron chi connectivity index (χ3n) is 6.00. The van der Waals surface area contributed by atoms with Gasteiger partial charge in [-0.05, 0) is 54.8 Å². The third kappa shape index (κ3) is 6.02. The van der Waals surface area contributed by atoms with Crippen LogP contribution < -0.4 is 9.47 Å². The Balaban J connectivity index is 1.27. The minimum Gasteiger partial charge on any atom is -0.490 e. The van der Waals surface area contributed by atoms with Crippen LogP contribution in [0, 0.1) is 0 Å². The summed E-state index contributed by atoms with van der Waals surface area (Å²) in [7, 11) is 1.40. The summed E-state index contributed by atoms with van der Waals surface area (Å²) >= 11 is 0. The number of carbonyl (C=O) groups is 2. The molecule has 1 fully saturated rings. The number of rotatable bonds is 10. The number of ketones is 1. The monoisotopic (exact) mass is 460 g/mol. The summed E-state index contributed by atoms with van der Waals surface area (Å²) < 4.78 is 17.2. The first-order chi connectivity index (χ1) is 16.5. The zero-order valence-corrected chi connectivity index (χ0v) is 19.1. The van der Waals surface area contributed by atoms with Crippen molar-refractivity contribution >= 4 is 11.8 Å². The Kier molecular flexibility index (Phi) is 7.60. The highest BCUT2D eigenvalue weighted by Crippen LogP contribution is 2.29. The molecule has 6 nitrogen and oxygen atoms in total. The fraction of sp³-hybridized carbons (Fsp3) is 0.286. The van der Waals surface area contributed by atoms with Crippen molar-refractivity contribution in [3.05, 3.63) is 95.6 Å². The molecule has 1 saturated carbocycles. The highest BCUT2D eigenvalue weighted by molar-refractivity contribution is 6.08.